The maximum atomic E-state index is 15.3. The highest BCUT2D eigenvalue weighted by Crippen LogP contribution is 2.36. The Hall–Kier alpha value is -4.12. The minimum absolute atomic E-state index is 0.0760. The lowest BCUT2D eigenvalue weighted by Gasteiger charge is -2.13. The molecule has 0 aliphatic heterocycles. The highest BCUT2D eigenvalue weighted by atomic mass is 32.2. The van der Waals surface area contributed by atoms with Crippen molar-refractivity contribution in [2.75, 3.05) is 4.72 Å². The number of hydrogen-bond donors (Lipinski definition) is 3. The van der Waals surface area contributed by atoms with Crippen molar-refractivity contribution < 1.29 is 21.6 Å². The van der Waals surface area contributed by atoms with Gasteiger partial charge >= 0.3 is 0 Å². The number of sulfonamides is 1. The molecule has 5 rings (SSSR count). The molecule has 0 fully saturated rings. The van der Waals surface area contributed by atoms with Gasteiger partial charge < -0.3 is 4.98 Å². The second-order valence-electron chi connectivity index (χ2n) is 7.06. The Balaban J connectivity index is 1.61. The number of nitrogens with zero attached hydrogens (tertiary/aromatic N) is 2. The third-order valence-electron chi connectivity index (χ3n) is 5.06. The van der Waals surface area contributed by atoms with Gasteiger partial charge in [-0.1, -0.05) is 24.3 Å². The summed E-state index contributed by atoms with van der Waals surface area (Å²) >= 11 is 0. The molecule has 11 heteroatoms. The Labute approximate surface area is 185 Å². The molecule has 0 atom stereocenters. The summed E-state index contributed by atoms with van der Waals surface area (Å²) in [6.45, 7) is 0. The van der Waals surface area contributed by atoms with Crippen molar-refractivity contribution >= 4 is 26.6 Å². The largest absolute Gasteiger partial charge is 0.343 e. The van der Waals surface area contributed by atoms with E-state index in [4.69, 9.17) is 0 Å². The van der Waals surface area contributed by atoms with E-state index in [0.717, 1.165) is 12.1 Å². The van der Waals surface area contributed by atoms with Crippen molar-refractivity contribution in [1.29, 1.82) is 0 Å². The van der Waals surface area contributed by atoms with Gasteiger partial charge in [0.05, 0.1) is 16.1 Å². The van der Waals surface area contributed by atoms with Crippen LogP contribution in [-0.4, -0.2) is 28.6 Å². The van der Waals surface area contributed by atoms with Crippen molar-refractivity contribution in [3.63, 3.8) is 0 Å². The number of nitrogens with one attached hydrogen (secondary N) is 3. The lowest BCUT2D eigenvalue weighted by atomic mass is 10.0. The van der Waals surface area contributed by atoms with E-state index in [1.165, 1.54) is 42.6 Å². The van der Waals surface area contributed by atoms with Crippen LogP contribution in [-0.2, 0) is 10.0 Å². The van der Waals surface area contributed by atoms with Gasteiger partial charge in [-0.25, -0.2) is 26.6 Å². The zero-order valence-electron chi connectivity index (χ0n) is 16.6. The van der Waals surface area contributed by atoms with Crippen LogP contribution in [0.2, 0.25) is 0 Å². The van der Waals surface area contributed by atoms with E-state index >= 15 is 8.78 Å². The van der Waals surface area contributed by atoms with E-state index < -0.39 is 44.3 Å². The summed E-state index contributed by atoms with van der Waals surface area (Å²) in [4.78, 5) is 6.82. The lowest BCUT2D eigenvalue weighted by Crippen LogP contribution is -2.14. The van der Waals surface area contributed by atoms with Crippen LogP contribution in [0.15, 0.2) is 71.9 Å². The van der Waals surface area contributed by atoms with Gasteiger partial charge in [-0.05, 0) is 30.3 Å². The summed E-state index contributed by atoms with van der Waals surface area (Å²) in [6.07, 6.45) is 3.08. The highest BCUT2D eigenvalue weighted by Gasteiger charge is 2.24. The number of benzene rings is 3. The molecular weight excluding hydrogens is 455 g/mol. The predicted octanol–water partition coefficient (Wildman–Crippen LogP) is 4.84. The van der Waals surface area contributed by atoms with Crippen molar-refractivity contribution in [2.45, 2.75) is 4.90 Å². The SMILES string of the molecule is O=S(=O)(Nc1ccc(F)c(-c2ccc3c(-c4ncc[nH]4)n[nH]c3c2F)c1F)c1ccccc1. The Kier molecular flexibility index (Phi) is 4.90. The first-order chi connectivity index (χ1) is 15.9. The van der Waals surface area contributed by atoms with E-state index in [1.54, 1.807) is 12.3 Å². The Morgan fingerprint density at radius 2 is 1.70 bits per heavy atom. The topological polar surface area (TPSA) is 104 Å². The fourth-order valence-corrected chi connectivity index (χ4v) is 4.59. The van der Waals surface area contributed by atoms with Crippen LogP contribution in [0.1, 0.15) is 0 Å². The number of hydrogen-bond acceptors (Lipinski definition) is 4. The minimum atomic E-state index is -4.15. The fraction of sp³-hybridized carbons (Fsp3) is 0. The number of rotatable bonds is 5. The van der Waals surface area contributed by atoms with Gasteiger partial charge in [0.25, 0.3) is 10.0 Å². The molecule has 0 unspecified atom stereocenters. The summed E-state index contributed by atoms with van der Waals surface area (Å²) < 4.78 is 72.5. The van der Waals surface area contributed by atoms with Crippen molar-refractivity contribution in [2.24, 2.45) is 0 Å². The molecule has 0 saturated carbocycles. The average molecular weight is 469 g/mol. The number of imidazole rings is 1. The average Bonchev–Trinajstić information content (AvgIpc) is 3.48. The second kappa shape index (κ2) is 7.78. The zero-order valence-corrected chi connectivity index (χ0v) is 17.4. The number of aromatic nitrogens is 4. The Morgan fingerprint density at radius 3 is 2.42 bits per heavy atom. The Morgan fingerprint density at radius 1 is 0.909 bits per heavy atom. The van der Waals surface area contributed by atoms with E-state index in [0.29, 0.717) is 16.9 Å². The number of halogens is 3. The van der Waals surface area contributed by atoms with E-state index in [9.17, 15) is 12.8 Å². The van der Waals surface area contributed by atoms with E-state index in [-0.39, 0.29) is 10.4 Å². The van der Waals surface area contributed by atoms with E-state index in [1.807, 2.05) is 0 Å². The van der Waals surface area contributed by atoms with Crippen LogP contribution in [0.3, 0.4) is 0 Å². The monoisotopic (exact) mass is 469 g/mol. The lowest BCUT2D eigenvalue weighted by molar-refractivity contribution is 0.583. The Bertz CT molecular complexity index is 1580. The number of H-pyrrole nitrogens is 2. The minimum Gasteiger partial charge on any atom is -0.343 e. The normalized spacial score (nSPS) is 11.7. The first-order valence-corrected chi connectivity index (χ1v) is 11.1. The van der Waals surface area contributed by atoms with Gasteiger partial charge in [-0.2, -0.15) is 5.10 Å². The molecule has 3 N–H and O–H groups in total. The summed E-state index contributed by atoms with van der Waals surface area (Å²) in [5, 5.41) is 6.92. The second-order valence-corrected chi connectivity index (χ2v) is 8.74. The van der Waals surface area contributed by atoms with Gasteiger partial charge in [0.2, 0.25) is 0 Å². The van der Waals surface area contributed by atoms with Crippen LogP contribution >= 0.6 is 0 Å². The number of anilines is 1. The molecule has 166 valence electrons. The summed E-state index contributed by atoms with van der Waals surface area (Å²) in [6, 6.07) is 11.8. The molecule has 2 heterocycles. The number of aromatic amines is 2. The van der Waals surface area contributed by atoms with Gasteiger partial charge in [-0.15, -0.1) is 0 Å². The molecule has 0 aliphatic carbocycles. The number of fused-ring (bicyclic) bond motifs is 1. The maximum absolute atomic E-state index is 15.3. The molecule has 0 amide bonds. The van der Waals surface area contributed by atoms with Crippen molar-refractivity contribution in [1.82, 2.24) is 20.2 Å². The molecular formula is C22H14F3N5O2S. The smallest absolute Gasteiger partial charge is 0.261 e. The molecule has 0 radical (unpaired) electrons. The molecule has 5 aromatic rings. The van der Waals surface area contributed by atoms with Gasteiger partial charge in [0.15, 0.2) is 17.5 Å². The van der Waals surface area contributed by atoms with Crippen molar-refractivity contribution in [3.8, 4) is 22.6 Å². The zero-order chi connectivity index (χ0) is 23.2. The molecule has 2 aromatic heterocycles. The predicted molar refractivity (Wildman–Crippen MR) is 116 cm³/mol. The summed E-state index contributed by atoms with van der Waals surface area (Å²) in [5.74, 6) is -2.86. The van der Waals surface area contributed by atoms with Crippen LogP contribution in [0.4, 0.5) is 18.9 Å². The molecule has 0 aliphatic rings. The molecule has 3 aromatic carbocycles. The van der Waals surface area contributed by atoms with Gasteiger partial charge in [0, 0.05) is 23.3 Å². The van der Waals surface area contributed by atoms with Crippen LogP contribution < -0.4 is 4.72 Å². The molecule has 0 spiro atoms. The quantitative estimate of drug-likeness (QED) is 0.343. The van der Waals surface area contributed by atoms with Gasteiger partial charge in [0.1, 0.15) is 17.0 Å². The first-order valence-electron chi connectivity index (χ1n) is 9.59. The molecule has 7 nitrogen and oxygen atoms in total. The first kappa shape index (κ1) is 20.8. The molecule has 0 bridgehead atoms. The van der Waals surface area contributed by atoms with Crippen LogP contribution in [0.5, 0.6) is 0 Å². The fourth-order valence-electron chi connectivity index (χ4n) is 3.50. The van der Waals surface area contributed by atoms with Crippen molar-refractivity contribution in [3.05, 3.63) is 84.4 Å². The molecule has 33 heavy (non-hydrogen) atoms. The van der Waals surface area contributed by atoms with Crippen LogP contribution in [0, 0.1) is 17.5 Å². The maximum Gasteiger partial charge on any atom is 0.261 e. The third-order valence-corrected chi connectivity index (χ3v) is 6.44. The summed E-state index contributed by atoms with van der Waals surface area (Å²) in [5.41, 5.74) is -1.36. The molecule has 0 saturated heterocycles. The van der Waals surface area contributed by atoms with E-state index in [2.05, 4.69) is 24.9 Å². The highest BCUT2D eigenvalue weighted by molar-refractivity contribution is 7.92. The third kappa shape index (κ3) is 3.52. The standard InChI is InChI=1S/C22H14F3N5O2S/c23-15-8-9-16(30-33(31,32)12-4-2-1-3-5-12)19(25)17(15)13-6-7-14-20(18(13)24)28-29-21(14)22-26-10-11-27-22/h1-11,30H,(H,26,27)(H,28,29). The van der Waals surface area contributed by atoms with Gasteiger partial charge in [-0.3, -0.25) is 9.82 Å². The summed E-state index contributed by atoms with van der Waals surface area (Å²) in [7, 11) is -4.15. The van der Waals surface area contributed by atoms with Crippen LogP contribution in [0.25, 0.3) is 33.5 Å².